The number of amides is 1. The molecule has 1 aromatic carbocycles. The van der Waals surface area contributed by atoms with Crippen LogP contribution in [0.2, 0.25) is 0 Å². The molecule has 1 rings (SSSR count). The minimum Gasteiger partial charge on any atom is -0.506 e. The summed E-state index contributed by atoms with van der Waals surface area (Å²) in [5, 5.41) is 9.58. The van der Waals surface area contributed by atoms with Crippen LogP contribution in [0.4, 0.5) is 5.69 Å². The maximum atomic E-state index is 12.4. The Labute approximate surface area is 119 Å². The van der Waals surface area contributed by atoms with Gasteiger partial charge < -0.3 is 25.2 Å². The SMILES string of the molecule is COCCCN(CCOC)C(=O)c1ccc(N)c(O)c1. The maximum absolute atomic E-state index is 12.4. The van der Waals surface area contributed by atoms with E-state index in [9.17, 15) is 9.90 Å². The van der Waals surface area contributed by atoms with Crippen LogP contribution in [0.3, 0.4) is 0 Å². The Bertz CT molecular complexity index is 437. The van der Waals surface area contributed by atoms with Gasteiger partial charge in [-0.25, -0.2) is 0 Å². The Balaban J connectivity index is 2.76. The zero-order chi connectivity index (χ0) is 15.0. The van der Waals surface area contributed by atoms with Gasteiger partial charge in [0, 0.05) is 39.5 Å². The lowest BCUT2D eigenvalue weighted by Gasteiger charge is -2.22. The average molecular weight is 282 g/mol. The Morgan fingerprint density at radius 3 is 2.55 bits per heavy atom. The van der Waals surface area contributed by atoms with Gasteiger partial charge in [-0.05, 0) is 24.6 Å². The van der Waals surface area contributed by atoms with Crippen molar-refractivity contribution >= 4 is 11.6 Å². The molecule has 0 saturated heterocycles. The zero-order valence-electron chi connectivity index (χ0n) is 12.0. The number of carbonyl (C=O) groups excluding carboxylic acids is 1. The van der Waals surface area contributed by atoms with Crippen molar-refractivity contribution < 1.29 is 19.4 Å². The minimum atomic E-state index is -0.159. The number of hydrogen-bond donors (Lipinski definition) is 2. The topological polar surface area (TPSA) is 85.0 Å². The first-order chi connectivity index (χ1) is 9.60. The molecule has 0 atom stereocenters. The highest BCUT2D eigenvalue weighted by atomic mass is 16.5. The molecule has 0 spiro atoms. The lowest BCUT2D eigenvalue weighted by molar-refractivity contribution is 0.0674. The molecule has 3 N–H and O–H groups in total. The van der Waals surface area contributed by atoms with Crippen molar-refractivity contribution in [2.24, 2.45) is 0 Å². The molecule has 0 aliphatic heterocycles. The largest absolute Gasteiger partial charge is 0.506 e. The van der Waals surface area contributed by atoms with E-state index in [-0.39, 0.29) is 17.3 Å². The molecule has 0 fully saturated rings. The summed E-state index contributed by atoms with van der Waals surface area (Å²) in [5.41, 5.74) is 6.19. The highest BCUT2D eigenvalue weighted by Crippen LogP contribution is 2.21. The summed E-state index contributed by atoms with van der Waals surface area (Å²) in [5.74, 6) is -0.243. The van der Waals surface area contributed by atoms with E-state index in [2.05, 4.69) is 0 Å². The van der Waals surface area contributed by atoms with Crippen molar-refractivity contribution in [1.82, 2.24) is 4.90 Å². The summed E-state index contributed by atoms with van der Waals surface area (Å²) < 4.78 is 10.0. The number of nitrogen functional groups attached to an aromatic ring is 1. The zero-order valence-corrected chi connectivity index (χ0v) is 12.0. The van der Waals surface area contributed by atoms with Crippen LogP contribution in [0.25, 0.3) is 0 Å². The van der Waals surface area contributed by atoms with Crippen LogP contribution in [0.1, 0.15) is 16.8 Å². The van der Waals surface area contributed by atoms with Crippen molar-refractivity contribution in [3.05, 3.63) is 23.8 Å². The summed E-state index contributed by atoms with van der Waals surface area (Å²) in [7, 11) is 3.21. The first kappa shape index (κ1) is 16.3. The lowest BCUT2D eigenvalue weighted by atomic mass is 10.1. The number of rotatable bonds is 8. The molecule has 20 heavy (non-hydrogen) atoms. The molecule has 1 aromatic rings. The molecule has 0 unspecified atom stereocenters. The number of hydrogen-bond acceptors (Lipinski definition) is 5. The number of ether oxygens (including phenoxy) is 2. The third kappa shape index (κ3) is 4.71. The van der Waals surface area contributed by atoms with Gasteiger partial charge in [0.2, 0.25) is 0 Å². The standard InChI is InChI=1S/C14H22N2O4/c1-19-8-3-6-16(7-9-20-2)14(18)11-4-5-12(15)13(17)10-11/h4-5,10,17H,3,6-9,15H2,1-2H3. The summed E-state index contributed by atoms with van der Waals surface area (Å²) in [4.78, 5) is 14.1. The van der Waals surface area contributed by atoms with Crippen LogP contribution in [0.15, 0.2) is 18.2 Å². The van der Waals surface area contributed by atoms with Gasteiger partial charge in [-0.2, -0.15) is 0 Å². The van der Waals surface area contributed by atoms with Crippen molar-refractivity contribution in [3.8, 4) is 5.75 Å². The molecule has 0 radical (unpaired) electrons. The Morgan fingerprint density at radius 2 is 1.95 bits per heavy atom. The number of aromatic hydroxyl groups is 1. The van der Waals surface area contributed by atoms with Gasteiger partial charge in [-0.1, -0.05) is 0 Å². The first-order valence-electron chi connectivity index (χ1n) is 6.45. The second kappa shape index (κ2) is 8.39. The summed E-state index contributed by atoms with van der Waals surface area (Å²) in [6.45, 7) is 2.11. The first-order valence-corrected chi connectivity index (χ1v) is 6.45. The molecule has 0 aliphatic carbocycles. The molecule has 6 heteroatoms. The predicted octanol–water partition coefficient (Wildman–Crippen LogP) is 1.10. The van der Waals surface area contributed by atoms with Crippen molar-refractivity contribution in [1.29, 1.82) is 0 Å². The molecule has 6 nitrogen and oxygen atoms in total. The average Bonchev–Trinajstić information content (AvgIpc) is 2.45. The van der Waals surface area contributed by atoms with Gasteiger partial charge in [0.15, 0.2) is 0 Å². The van der Waals surface area contributed by atoms with Crippen molar-refractivity contribution in [2.75, 3.05) is 46.3 Å². The summed E-state index contributed by atoms with van der Waals surface area (Å²) in [6, 6.07) is 4.51. The molecular weight excluding hydrogens is 260 g/mol. The van der Waals surface area contributed by atoms with Crippen LogP contribution in [-0.4, -0.2) is 56.4 Å². The molecule has 0 bridgehead atoms. The van der Waals surface area contributed by atoms with Crippen molar-refractivity contribution in [2.45, 2.75) is 6.42 Å². The Kier molecular flexibility index (Phi) is 6.83. The number of phenols is 1. The summed E-state index contributed by atoms with van der Waals surface area (Å²) in [6.07, 6.45) is 0.743. The van der Waals surface area contributed by atoms with Crippen LogP contribution in [-0.2, 0) is 9.47 Å². The van der Waals surface area contributed by atoms with E-state index < -0.39 is 0 Å². The third-order valence-electron chi connectivity index (χ3n) is 2.91. The van der Waals surface area contributed by atoms with Crippen molar-refractivity contribution in [3.63, 3.8) is 0 Å². The number of anilines is 1. The molecular formula is C14H22N2O4. The van der Waals surface area contributed by atoms with E-state index in [1.807, 2.05) is 0 Å². The lowest BCUT2D eigenvalue weighted by Crippen LogP contribution is -2.35. The highest BCUT2D eigenvalue weighted by Gasteiger charge is 2.16. The fourth-order valence-corrected chi connectivity index (χ4v) is 1.78. The molecule has 0 aliphatic rings. The number of methoxy groups -OCH3 is 2. The number of benzene rings is 1. The normalized spacial score (nSPS) is 10.5. The van der Waals surface area contributed by atoms with Gasteiger partial charge in [0.05, 0.1) is 12.3 Å². The molecule has 0 aromatic heterocycles. The van der Waals surface area contributed by atoms with E-state index >= 15 is 0 Å². The van der Waals surface area contributed by atoms with E-state index in [1.54, 1.807) is 25.2 Å². The fourth-order valence-electron chi connectivity index (χ4n) is 1.78. The minimum absolute atomic E-state index is 0.0839. The Morgan fingerprint density at radius 1 is 1.25 bits per heavy atom. The second-order valence-electron chi connectivity index (χ2n) is 4.40. The summed E-state index contributed by atoms with van der Waals surface area (Å²) >= 11 is 0. The molecule has 0 saturated carbocycles. The van der Waals surface area contributed by atoms with Crippen LogP contribution >= 0.6 is 0 Å². The third-order valence-corrected chi connectivity index (χ3v) is 2.91. The fraction of sp³-hybridized carbons (Fsp3) is 0.500. The van der Waals surface area contributed by atoms with E-state index in [0.29, 0.717) is 31.9 Å². The molecule has 1 amide bonds. The van der Waals surface area contributed by atoms with Gasteiger partial charge in [-0.3, -0.25) is 4.79 Å². The van der Waals surface area contributed by atoms with E-state index in [0.717, 1.165) is 6.42 Å². The quantitative estimate of drug-likeness (QED) is 0.424. The molecule has 0 heterocycles. The van der Waals surface area contributed by atoms with Gasteiger partial charge in [0.1, 0.15) is 5.75 Å². The highest BCUT2D eigenvalue weighted by molar-refractivity contribution is 5.95. The van der Waals surface area contributed by atoms with Crippen LogP contribution < -0.4 is 5.73 Å². The number of phenolic OH excluding ortho intramolecular Hbond substituents is 1. The number of carbonyl (C=O) groups is 1. The van der Waals surface area contributed by atoms with E-state index in [4.69, 9.17) is 15.2 Å². The van der Waals surface area contributed by atoms with E-state index in [1.165, 1.54) is 12.1 Å². The van der Waals surface area contributed by atoms with Crippen LogP contribution in [0.5, 0.6) is 5.75 Å². The van der Waals surface area contributed by atoms with Gasteiger partial charge in [0.25, 0.3) is 5.91 Å². The van der Waals surface area contributed by atoms with Crippen LogP contribution in [0, 0.1) is 0 Å². The molecule has 112 valence electrons. The smallest absolute Gasteiger partial charge is 0.254 e. The predicted molar refractivity (Wildman–Crippen MR) is 76.8 cm³/mol. The van der Waals surface area contributed by atoms with Gasteiger partial charge in [-0.15, -0.1) is 0 Å². The maximum Gasteiger partial charge on any atom is 0.254 e. The van der Waals surface area contributed by atoms with Gasteiger partial charge >= 0.3 is 0 Å². The number of nitrogens with zero attached hydrogens (tertiary/aromatic N) is 1. The Hall–Kier alpha value is -1.79. The monoisotopic (exact) mass is 282 g/mol. The second-order valence-corrected chi connectivity index (χ2v) is 4.40. The number of nitrogens with two attached hydrogens (primary N) is 1.